The summed E-state index contributed by atoms with van der Waals surface area (Å²) < 4.78 is 0. The van der Waals surface area contributed by atoms with Gasteiger partial charge in [-0.15, -0.1) is 11.3 Å². The molecule has 0 aliphatic rings. The standard InChI is InChI=1S/C14H20N4S/c1-7-8(2)15-11(5)17-14(7)16-9(3)13-10(4)19-12(6)18-13/h9H,1-6H3,(H,15,16,17). The van der Waals surface area contributed by atoms with Crippen molar-refractivity contribution in [1.82, 2.24) is 15.0 Å². The fourth-order valence-electron chi connectivity index (χ4n) is 2.13. The lowest BCUT2D eigenvalue weighted by Crippen LogP contribution is -2.12. The molecule has 0 spiro atoms. The van der Waals surface area contributed by atoms with E-state index >= 15 is 0 Å². The molecule has 1 atom stereocenters. The summed E-state index contributed by atoms with van der Waals surface area (Å²) in [4.78, 5) is 14.7. The first-order chi connectivity index (χ1) is 8.88. The summed E-state index contributed by atoms with van der Waals surface area (Å²) in [6.07, 6.45) is 0. The van der Waals surface area contributed by atoms with Crippen molar-refractivity contribution in [3.05, 3.63) is 32.7 Å². The number of thiazole rings is 1. The second kappa shape index (κ2) is 5.25. The summed E-state index contributed by atoms with van der Waals surface area (Å²) >= 11 is 1.73. The average molecular weight is 276 g/mol. The van der Waals surface area contributed by atoms with Gasteiger partial charge in [0.1, 0.15) is 11.6 Å². The summed E-state index contributed by atoms with van der Waals surface area (Å²) in [6.45, 7) is 12.2. The van der Waals surface area contributed by atoms with Gasteiger partial charge in [0.05, 0.1) is 16.7 Å². The van der Waals surface area contributed by atoms with Crippen molar-refractivity contribution in [3.8, 4) is 0 Å². The molecule has 0 saturated carbocycles. The minimum Gasteiger partial charge on any atom is -0.362 e. The van der Waals surface area contributed by atoms with Crippen molar-refractivity contribution >= 4 is 17.2 Å². The third kappa shape index (κ3) is 2.92. The second-order valence-electron chi connectivity index (χ2n) is 4.87. The first-order valence-electron chi connectivity index (χ1n) is 6.40. The van der Waals surface area contributed by atoms with Gasteiger partial charge in [0.2, 0.25) is 0 Å². The second-order valence-corrected chi connectivity index (χ2v) is 6.28. The van der Waals surface area contributed by atoms with E-state index in [1.54, 1.807) is 11.3 Å². The Labute approximate surface area is 118 Å². The molecular weight excluding hydrogens is 256 g/mol. The molecule has 2 aromatic heterocycles. The van der Waals surface area contributed by atoms with E-state index in [4.69, 9.17) is 0 Å². The Hall–Kier alpha value is -1.49. The lowest BCUT2D eigenvalue weighted by Gasteiger charge is -2.16. The molecule has 0 bridgehead atoms. The van der Waals surface area contributed by atoms with Crippen LogP contribution in [-0.4, -0.2) is 15.0 Å². The number of aryl methyl sites for hydroxylation is 4. The van der Waals surface area contributed by atoms with E-state index in [9.17, 15) is 0 Å². The number of rotatable bonds is 3. The molecule has 0 radical (unpaired) electrons. The van der Waals surface area contributed by atoms with Crippen LogP contribution in [0, 0.1) is 34.6 Å². The van der Waals surface area contributed by atoms with E-state index in [1.165, 1.54) is 4.88 Å². The summed E-state index contributed by atoms with van der Waals surface area (Å²) in [5.74, 6) is 1.70. The van der Waals surface area contributed by atoms with Crippen LogP contribution in [0.25, 0.3) is 0 Å². The fraction of sp³-hybridized carbons (Fsp3) is 0.500. The highest BCUT2D eigenvalue weighted by molar-refractivity contribution is 7.11. The Morgan fingerprint density at radius 3 is 2.26 bits per heavy atom. The van der Waals surface area contributed by atoms with Gasteiger partial charge in [0, 0.05) is 16.1 Å². The predicted molar refractivity (Wildman–Crippen MR) is 79.9 cm³/mol. The Morgan fingerprint density at radius 1 is 1.00 bits per heavy atom. The van der Waals surface area contributed by atoms with E-state index in [-0.39, 0.29) is 6.04 Å². The molecular formula is C14H20N4S. The minimum absolute atomic E-state index is 0.150. The first-order valence-corrected chi connectivity index (χ1v) is 7.22. The number of hydrogen-bond donors (Lipinski definition) is 1. The maximum Gasteiger partial charge on any atom is 0.133 e. The van der Waals surface area contributed by atoms with Gasteiger partial charge in [-0.1, -0.05) is 0 Å². The summed E-state index contributed by atoms with van der Waals surface area (Å²) in [7, 11) is 0. The van der Waals surface area contributed by atoms with Gasteiger partial charge >= 0.3 is 0 Å². The van der Waals surface area contributed by atoms with E-state index < -0.39 is 0 Å². The van der Waals surface area contributed by atoms with Crippen molar-refractivity contribution in [2.24, 2.45) is 0 Å². The Bertz CT molecular complexity index is 604. The van der Waals surface area contributed by atoms with E-state index in [1.807, 2.05) is 27.7 Å². The maximum atomic E-state index is 4.59. The van der Waals surface area contributed by atoms with Gasteiger partial charge in [0.15, 0.2) is 0 Å². The van der Waals surface area contributed by atoms with Crippen molar-refractivity contribution < 1.29 is 0 Å². The highest BCUT2D eigenvalue weighted by atomic mass is 32.1. The summed E-state index contributed by atoms with van der Waals surface area (Å²) in [5.41, 5.74) is 3.23. The average Bonchev–Trinajstić information content (AvgIpc) is 2.64. The largest absolute Gasteiger partial charge is 0.362 e. The zero-order valence-electron chi connectivity index (χ0n) is 12.3. The zero-order chi connectivity index (χ0) is 14.2. The molecule has 102 valence electrons. The monoisotopic (exact) mass is 276 g/mol. The van der Waals surface area contributed by atoms with E-state index in [0.29, 0.717) is 0 Å². The minimum atomic E-state index is 0.150. The van der Waals surface area contributed by atoms with E-state index in [2.05, 4.69) is 34.1 Å². The number of aromatic nitrogens is 3. The zero-order valence-corrected chi connectivity index (χ0v) is 13.1. The topological polar surface area (TPSA) is 50.7 Å². The number of nitrogens with zero attached hydrogens (tertiary/aromatic N) is 3. The molecule has 4 nitrogen and oxygen atoms in total. The molecule has 0 aromatic carbocycles. The van der Waals surface area contributed by atoms with Crippen LogP contribution in [0.4, 0.5) is 5.82 Å². The maximum absolute atomic E-state index is 4.59. The van der Waals surface area contributed by atoms with Crippen LogP contribution in [0.2, 0.25) is 0 Å². The molecule has 19 heavy (non-hydrogen) atoms. The van der Waals surface area contributed by atoms with Crippen LogP contribution in [-0.2, 0) is 0 Å². The number of nitrogens with one attached hydrogen (secondary N) is 1. The van der Waals surface area contributed by atoms with Gasteiger partial charge < -0.3 is 5.32 Å². The molecule has 0 aliphatic heterocycles. The first kappa shape index (κ1) is 13.9. The highest BCUT2D eigenvalue weighted by Crippen LogP contribution is 2.26. The number of anilines is 1. The van der Waals surface area contributed by atoms with Crippen LogP contribution < -0.4 is 5.32 Å². The smallest absolute Gasteiger partial charge is 0.133 e. The fourth-order valence-corrected chi connectivity index (χ4v) is 3.04. The van der Waals surface area contributed by atoms with Crippen LogP contribution >= 0.6 is 11.3 Å². The lowest BCUT2D eigenvalue weighted by atomic mass is 10.2. The van der Waals surface area contributed by atoms with Crippen LogP contribution in [0.15, 0.2) is 0 Å². The van der Waals surface area contributed by atoms with Gasteiger partial charge in [-0.25, -0.2) is 15.0 Å². The van der Waals surface area contributed by atoms with E-state index in [0.717, 1.165) is 33.6 Å². The third-order valence-corrected chi connectivity index (χ3v) is 4.11. The molecule has 1 unspecified atom stereocenters. The van der Waals surface area contributed by atoms with Crippen molar-refractivity contribution in [2.45, 2.75) is 47.6 Å². The molecule has 0 aliphatic carbocycles. The Morgan fingerprint density at radius 2 is 1.68 bits per heavy atom. The molecule has 0 saturated heterocycles. The molecule has 1 N–H and O–H groups in total. The third-order valence-electron chi connectivity index (χ3n) is 3.20. The molecule has 2 heterocycles. The van der Waals surface area contributed by atoms with Crippen molar-refractivity contribution in [3.63, 3.8) is 0 Å². The van der Waals surface area contributed by atoms with Gasteiger partial charge in [0.25, 0.3) is 0 Å². The molecule has 2 aromatic rings. The predicted octanol–water partition coefficient (Wildman–Crippen LogP) is 3.65. The van der Waals surface area contributed by atoms with Crippen LogP contribution in [0.1, 0.15) is 45.6 Å². The van der Waals surface area contributed by atoms with Gasteiger partial charge in [-0.2, -0.15) is 0 Å². The van der Waals surface area contributed by atoms with Crippen LogP contribution in [0.3, 0.4) is 0 Å². The molecule has 0 amide bonds. The van der Waals surface area contributed by atoms with Gasteiger partial charge in [-0.05, 0) is 41.5 Å². The van der Waals surface area contributed by atoms with Gasteiger partial charge in [-0.3, -0.25) is 0 Å². The molecule has 2 rings (SSSR count). The number of hydrogen-bond acceptors (Lipinski definition) is 5. The van der Waals surface area contributed by atoms with Crippen molar-refractivity contribution in [2.75, 3.05) is 5.32 Å². The Balaban J connectivity index is 2.29. The molecule has 5 heteroatoms. The quantitative estimate of drug-likeness (QED) is 0.929. The lowest BCUT2D eigenvalue weighted by molar-refractivity contribution is 0.819. The molecule has 0 fully saturated rings. The Kier molecular flexibility index (Phi) is 3.85. The highest BCUT2D eigenvalue weighted by Gasteiger charge is 2.15. The van der Waals surface area contributed by atoms with Crippen molar-refractivity contribution in [1.29, 1.82) is 0 Å². The summed E-state index contributed by atoms with van der Waals surface area (Å²) in [5, 5.41) is 4.56. The summed E-state index contributed by atoms with van der Waals surface area (Å²) in [6, 6.07) is 0.150. The SMILES string of the molecule is Cc1nc(C)c(C)c(NC(C)c2nc(C)sc2C)n1. The van der Waals surface area contributed by atoms with Crippen LogP contribution in [0.5, 0.6) is 0 Å². The normalized spacial score (nSPS) is 12.5.